The fraction of sp³-hybridized carbons (Fsp3) is 0.545. The summed E-state index contributed by atoms with van der Waals surface area (Å²) >= 11 is 0. The number of amides is 1. The summed E-state index contributed by atoms with van der Waals surface area (Å²) in [6.07, 6.45) is 3.48. The van der Waals surface area contributed by atoms with Gasteiger partial charge in [0.05, 0.1) is 12.1 Å². The molecule has 1 amide bonds. The number of hydrogen-bond acceptors (Lipinski definition) is 3. The first-order chi connectivity index (χ1) is 7.99. The lowest BCUT2D eigenvalue weighted by Crippen LogP contribution is -2.27. The number of rotatable bonds is 2. The van der Waals surface area contributed by atoms with Gasteiger partial charge in [-0.1, -0.05) is 0 Å². The third kappa shape index (κ3) is 2.15. The zero-order chi connectivity index (χ0) is 12.6. The van der Waals surface area contributed by atoms with E-state index in [-0.39, 0.29) is 18.4 Å². The van der Waals surface area contributed by atoms with E-state index < -0.39 is 11.9 Å². The Morgan fingerprint density at radius 3 is 2.65 bits per heavy atom. The minimum atomic E-state index is -0.859. The molecule has 0 bridgehead atoms. The smallest absolute Gasteiger partial charge is 0.308 e. The summed E-state index contributed by atoms with van der Waals surface area (Å²) in [5, 5.41) is 13.2. The molecular formula is C11H15N3O3. The molecule has 1 aliphatic heterocycles. The molecule has 1 aliphatic rings. The monoisotopic (exact) mass is 237 g/mol. The van der Waals surface area contributed by atoms with Gasteiger partial charge in [-0.2, -0.15) is 5.10 Å². The van der Waals surface area contributed by atoms with Crippen LogP contribution in [0.5, 0.6) is 0 Å². The molecule has 1 aromatic rings. The van der Waals surface area contributed by atoms with Crippen LogP contribution in [0.15, 0.2) is 12.4 Å². The molecule has 1 saturated heterocycles. The standard InChI is InChI=1S/C11H15N3O3/c1-7(15)14-5-9(10(6-14)11(16)17)8-3-12-13(2)4-8/h3-4,9-10H,5-6H2,1-2H3,(H,16,17)/t9-,10+/m1/s1. The quantitative estimate of drug-likeness (QED) is 0.789. The molecule has 6 nitrogen and oxygen atoms in total. The molecule has 2 rings (SSSR count). The number of aliphatic carboxylic acids is 1. The van der Waals surface area contributed by atoms with Crippen molar-refractivity contribution in [1.29, 1.82) is 0 Å². The van der Waals surface area contributed by atoms with Crippen LogP contribution in [0, 0.1) is 5.92 Å². The molecule has 2 atom stereocenters. The average Bonchev–Trinajstić information content (AvgIpc) is 2.82. The van der Waals surface area contributed by atoms with Gasteiger partial charge in [-0.15, -0.1) is 0 Å². The number of aryl methyl sites for hydroxylation is 1. The van der Waals surface area contributed by atoms with Gasteiger partial charge in [0.25, 0.3) is 0 Å². The van der Waals surface area contributed by atoms with E-state index in [2.05, 4.69) is 5.10 Å². The molecule has 0 radical (unpaired) electrons. The van der Waals surface area contributed by atoms with E-state index in [4.69, 9.17) is 0 Å². The molecule has 0 aromatic carbocycles. The minimum Gasteiger partial charge on any atom is -0.481 e. The highest BCUT2D eigenvalue weighted by Crippen LogP contribution is 2.32. The van der Waals surface area contributed by atoms with E-state index in [1.807, 2.05) is 6.20 Å². The molecule has 1 N–H and O–H groups in total. The molecule has 0 spiro atoms. The van der Waals surface area contributed by atoms with E-state index >= 15 is 0 Å². The maximum Gasteiger partial charge on any atom is 0.308 e. The molecule has 0 saturated carbocycles. The van der Waals surface area contributed by atoms with Crippen LogP contribution in [0.1, 0.15) is 18.4 Å². The topological polar surface area (TPSA) is 75.4 Å². The molecule has 17 heavy (non-hydrogen) atoms. The summed E-state index contributed by atoms with van der Waals surface area (Å²) in [6.45, 7) is 2.20. The van der Waals surface area contributed by atoms with E-state index in [9.17, 15) is 14.7 Å². The number of likely N-dealkylation sites (tertiary alicyclic amines) is 1. The van der Waals surface area contributed by atoms with Crippen molar-refractivity contribution >= 4 is 11.9 Å². The van der Waals surface area contributed by atoms with Crippen LogP contribution in [0.4, 0.5) is 0 Å². The van der Waals surface area contributed by atoms with Crippen molar-refractivity contribution < 1.29 is 14.7 Å². The lowest BCUT2D eigenvalue weighted by atomic mass is 9.91. The first-order valence-electron chi connectivity index (χ1n) is 5.46. The molecule has 1 aromatic heterocycles. The van der Waals surface area contributed by atoms with Crippen LogP contribution in [-0.4, -0.2) is 44.8 Å². The molecule has 0 unspecified atom stereocenters. The molecule has 92 valence electrons. The van der Waals surface area contributed by atoms with Gasteiger partial charge in [-0.25, -0.2) is 0 Å². The van der Waals surface area contributed by atoms with Crippen LogP contribution >= 0.6 is 0 Å². The van der Waals surface area contributed by atoms with E-state index in [0.29, 0.717) is 6.54 Å². The summed E-state index contributed by atoms with van der Waals surface area (Å²) in [6, 6.07) is 0. The summed E-state index contributed by atoms with van der Waals surface area (Å²) in [5.74, 6) is -1.64. The van der Waals surface area contributed by atoms with Crippen LogP contribution in [-0.2, 0) is 16.6 Å². The number of carbonyl (C=O) groups excluding carboxylic acids is 1. The number of carboxylic acids is 1. The fourth-order valence-electron chi connectivity index (χ4n) is 2.28. The van der Waals surface area contributed by atoms with Crippen molar-refractivity contribution in [2.75, 3.05) is 13.1 Å². The number of carbonyl (C=O) groups is 2. The van der Waals surface area contributed by atoms with E-state index in [0.717, 1.165) is 5.56 Å². The van der Waals surface area contributed by atoms with Crippen molar-refractivity contribution in [3.05, 3.63) is 18.0 Å². The first kappa shape index (κ1) is 11.6. The Hall–Kier alpha value is -1.85. The second kappa shape index (κ2) is 4.20. The predicted octanol–water partition coefficient (Wildman–Crippen LogP) is 0.0666. The number of nitrogens with zero attached hydrogens (tertiary/aromatic N) is 3. The number of carboxylic acid groups (broad SMARTS) is 1. The van der Waals surface area contributed by atoms with Gasteiger partial charge in [0.2, 0.25) is 5.91 Å². The van der Waals surface area contributed by atoms with Gasteiger partial charge in [0, 0.05) is 39.2 Å². The summed E-state index contributed by atoms with van der Waals surface area (Å²) in [7, 11) is 1.79. The Kier molecular flexibility index (Phi) is 2.87. The Labute approximate surface area is 98.8 Å². The lowest BCUT2D eigenvalue weighted by molar-refractivity contribution is -0.141. The maximum absolute atomic E-state index is 11.3. The third-order valence-electron chi connectivity index (χ3n) is 3.24. The SMILES string of the molecule is CC(=O)N1C[C@H](C(=O)O)[C@@H](c2cnn(C)c2)C1. The Morgan fingerprint density at radius 2 is 2.18 bits per heavy atom. The van der Waals surface area contributed by atoms with Gasteiger partial charge in [-0.3, -0.25) is 14.3 Å². The summed E-state index contributed by atoms with van der Waals surface area (Å²) < 4.78 is 1.64. The number of hydrogen-bond donors (Lipinski definition) is 1. The summed E-state index contributed by atoms with van der Waals surface area (Å²) in [4.78, 5) is 24.1. The van der Waals surface area contributed by atoms with Gasteiger partial charge in [0.15, 0.2) is 0 Å². The van der Waals surface area contributed by atoms with E-state index in [1.165, 1.54) is 6.92 Å². The second-order valence-corrected chi connectivity index (χ2v) is 4.42. The highest BCUT2D eigenvalue weighted by Gasteiger charge is 2.40. The zero-order valence-electron chi connectivity index (χ0n) is 9.83. The largest absolute Gasteiger partial charge is 0.481 e. The molecular weight excluding hydrogens is 222 g/mol. The van der Waals surface area contributed by atoms with Crippen molar-refractivity contribution in [3.8, 4) is 0 Å². The normalized spacial score (nSPS) is 24.0. The summed E-state index contributed by atoms with van der Waals surface area (Å²) in [5.41, 5.74) is 0.878. The van der Waals surface area contributed by atoms with Crippen LogP contribution in [0.3, 0.4) is 0 Å². The fourth-order valence-corrected chi connectivity index (χ4v) is 2.28. The maximum atomic E-state index is 11.3. The van der Waals surface area contributed by atoms with Crippen molar-refractivity contribution in [2.24, 2.45) is 13.0 Å². The van der Waals surface area contributed by atoms with Gasteiger partial charge in [-0.05, 0) is 5.56 Å². The molecule has 1 fully saturated rings. The van der Waals surface area contributed by atoms with Gasteiger partial charge in [0.1, 0.15) is 0 Å². The van der Waals surface area contributed by atoms with Crippen LogP contribution < -0.4 is 0 Å². The van der Waals surface area contributed by atoms with Crippen LogP contribution in [0.2, 0.25) is 0 Å². The molecule has 0 aliphatic carbocycles. The first-order valence-corrected chi connectivity index (χ1v) is 5.46. The van der Waals surface area contributed by atoms with Gasteiger partial charge < -0.3 is 10.0 Å². The molecule has 2 heterocycles. The average molecular weight is 237 g/mol. The Bertz CT molecular complexity index is 455. The minimum absolute atomic E-state index is 0.0809. The number of aromatic nitrogens is 2. The van der Waals surface area contributed by atoms with Crippen molar-refractivity contribution in [2.45, 2.75) is 12.8 Å². The molecule has 6 heteroatoms. The lowest BCUT2D eigenvalue weighted by Gasteiger charge is -2.12. The highest BCUT2D eigenvalue weighted by molar-refractivity contribution is 5.77. The van der Waals surface area contributed by atoms with Gasteiger partial charge >= 0.3 is 5.97 Å². The zero-order valence-corrected chi connectivity index (χ0v) is 9.83. The van der Waals surface area contributed by atoms with Crippen molar-refractivity contribution in [3.63, 3.8) is 0 Å². The second-order valence-electron chi connectivity index (χ2n) is 4.42. The van der Waals surface area contributed by atoms with E-state index in [1.54, 1.807) is 22.8 Å². The highest BCUT2D eigenvalue weighted by atomic mass is 16.4. The van der Waals surface area contributed by atoms with Crippen molar-refractivity contribution in [1.82, 2.24) is 14.7 Å². The Balaban J connectivity index is 2.25. The predicted molar refractivity (Wildman–Crippen MR) is 59.3 cm³/mol. The van der Waals surface area contributed by atoms with Crippen LogP contribution in [0.25, 0.3) is 0 Å². The Morgan fingerprint density at radius 1 is 1.47 bits per heavy atom. The third-order valence-corrected chi connectivity index (χ3v) is 3.24.